The quantitative estimate of drug-likeness (QED) is 0.852. The molecule has 2 nitrogen and oxygen atoms in total. The smallest absolute Gasteiger partial charge is 0.126 e. The van der Waals surface area contributed by atoms with Crippen molar-refractivity contribution in [2.24, 2.45) is 5.73 Å². The summed E-state index contributed by atoms with van der Waals surface area (Å²) in [6, 6.07) is 10.7. The van der Waals surface area contributed by atoms with Crippen molar-refractivity contribution in [3.63, 3.8) is 0 Å². The Bertz CT molecular complexity index is 653. The lowest BCUT2D eigenvalue weighted by molar-refractivity contribution is 0.161. The predicted molar refractivity (Wildman–Crippen MR) is 77.2 cm³/mol. The lowest BCUT2D eigenvalue weighted by Gasteiger charge is -2.30. The molecular weight excluding hydrogens is 253 g/mol. The molecule has 0 amide bonds. The number of benzene rings is 2. The van der Waals surface area contributed by atoms with Crippen molar-refractivity contribution in [2.45, 2.75) is 32.4 Å². The molecule has 1 aliphatic heterocycles. The Kier molecular flexibility index (Phi) is 3.22. The Balaban J connectivity index is 1.94. The highest BCUT2D eigenvalue weighted by Gasteiger charge is 2.27. The Hall–Kier alpha value is -1.87. The third-order valence-corrected chi connectivity index (χ3v) is 4.01. The summed E-state index contributed by atoms with van der Waals surface area (Å²) in [5, 5.41) is 0. The van der Waals surface area contributed by atoms with Crippen molar-refractivity contribution in [3.8, 4) is 5.75 Å². The SMILES string of the molecule is Cc1ccc(C2C[C@@H](N)c3cc(F)ccc3O2)cc1C. The molecule has 0 aromatic heterocycles. The molecule has 0 spiro atoms. The van der Waals surface area contributed by atoms with Gasteiger partial charge in [-0.05, 0) is 48.7 Å². The minimum absolute atomic E-state index is 0.0674. The van der Waals surface area contributed by atoms with Crippen LogP contribution < -0.4 is 10.5 Å². The van der Waals surface area contributed by atoms with Gasteiger partial charge in [-0.1, -0.05) is 18.2 Å². The third kappa shape index (κ3) is 2.29. The molecule has 0 fully saturated rings. The monoisotopic (exact) mass is 271 g/mol. The maximum atomic E-state index is 13.3. The number of hydrogen-bond donors (Lipinski definition) is 1. The molecule has 0 bridgehead atoms. The molecule has 3 rings (SSSR count). The number of aryl methyl sites for hydroxylation is 2. The summed E-state index contributed by atoms with van der Waals surface area (Å²) in [6.07, 6.45) is 0.598. The van der Waals surface area contributed by atoms with Crippen molar-refractivity contribution in [3.05, 3.63) is 64.5 Å². The number of hydrogen-bond acceptors (Lipinski definition) is 2. The van der Waals surface area contributed by atoms with Crippen LogP contribution in [0.1, 0.15) is 40.8 Å². The minimum Gasteiger partial charge on any atom is -0.485 e. The lowest BCUT2D eigenvalue weighted by Crippen LogP contribution is -2.24. The van der Waals surface area contributed by atoms with Gasteiger partial charge in [-0.15, -0.1) is 0 Å². The van der Waals surface area contributed by atoms with Gasteiger partial charge in [0.25, 0.3) is 0 Å². The molecule has 2 aromatic rings. The maximum absolute atomic E-state index is 13.3. The van der Waals surface area contributed by atoms with Crippen LogP contribution in [-0.4, -0.2) is 0 Å². The van der Waals surface area contributed by atoms with Crippen LogP contribution in [0.25, 0.3) is 0 Å². The fourth-order valence-corrected chi connectivity index (χ4v) is 2.64. The van der Waals surface area contributed by atoms with Crippen molar-refractivity contribution in [2.75, 3.05) is 0 Å². The van der Waals surface area contributed by atoms with Crippen LogP contribution in [0.5, 0.6) is 5.75 Å². The van der Waals surface area contributed by atoms with Gasteiger partial charge in [0.15, 0.2) is 0 Å². The first-order chi connectivity index (χ1) is 9.54. The number of ether oxygens (including phenoxy) is 1. The molecule has 104 valence electrons. The molecule has 2 aromatic carbocycles. The Morgan fingerprint density at radius 1 is 1.10 bits per heavy atom. The molecule has 20 heavy (non-hydrogen) atoms. The average molecular weight is 271 g/mol. The van der Waals surface area contributed by atoms with Gasteiger partial charge in [-0.3, -0.25) is 0 Å². The highest BCUT2D eigenvalue weighted by Crippen LogP contribution is 2.40. The molecule has 2 N–H and O–H groups in total. The summed E-state index contributed by atoms with van der Waals surface area (Å²) in [5.74, 6) is 0.417. The standard InChI is InChI=1S/C17H18FNO/c1-10-3-4-12(7-11(10)2)17-9-15(19)14-8-13(18)5-6-16(14)20-17/h3-8,15,17H,9,19H2,1-2H3/t15-,17?/m1/s1. The van der Waals surface area contributed by atoms with Gasteiger partial charge in [0, 0.05) is 18.0 Å². The van der Waals surface area contributed by atoms with E-state index in [-0.39, 0.29) is 18.0 Å². The van der Waals surface area contributed by atoms with E-state index in [9.17, 15) is 4.39 Å². The summed E-state index contributed by atoms with van der Waals surface area (Å²) in [5.41, 5.74) is 10.5. The second kappa shape index (κ2) is 4.91. The molecule has 3 heteroatoms. The summed E-state index contributed by atoms with van der Waals surface area (Å²) >= 11 is 0. The van der Waals surface area contributed by atoms with Crippen LogP contribution in [0.4, 0.5) is 4.39 Å². The van der Waals surface area contributed by atoms with Gasteiger partial charge in [-0.25, -0.2) is 4.39 Å². The largest absolute Gasteiger partial charge is 0.485 e. The topological polar surface area (TPSA) is 35.2 Å². The number of halogens is 1. The fourth-order valence-electron chi connectivity index (χ4n) is 2.64. The molecule has 0 radical (unpaired) electrons. The van der Waals surface area contributed by atoms with Crippen LogP contribution in [0.15, 0.2) is 36.4 Å². The van der Waals surface area contributed by atoms with Crippen molar-refractivity contribution >= 4 is 0 Å². The van der Waals surface area contributed by atoms with Crippen LogP contribution in [0.2, 0.25) is 0 Å². The zero-order valence-corrected chi connectivity index (χ0v) is 11.7. The van der Waals surface area contributed by atoms with E-state index in [0.717, 1.165) is 11.1 Å². The molecule has 0 saturated carbocycles. The third-order valence-electron chi connectivity index (χ3n) is 4.01. The summed E-state index contributed by atoms with van der Waals surface area (Å²) in [4.78, 5) is 0. The average Bonchev–Trinajstić information content (AvgIpc) is 2.42. The second-order valence-electron chi connectivity index (χ2n) is 5.47. The normalized spacial score (nSPS) is 21.2. The second-order valence-corrected chi connectivity index (χ2v) is 5.47. The molecule has 1 unspecified atom stereocenters. The maximum Gasteiger partial charge on any atom is 0.126 e. The van der Waals surface area contributed by atoms with E-state index in [2.05, 4.69) is 32.0 Å². The predicted octanol–water partition coefficient (Wildman–Crippen LogP) is 3.97. The van der Waals surface area contributed by atoms with E-state index in [1.54, 1.807) is 6.07 Å². The lowest BCUT2D eigenvalue weighted by atomic mass is 9.92. The minimum atomic E-state index is -0.271. The van der Waals surface area contributed by atoms with E-state index >= 15 is 0 Å². The van der Waals surface area contributed by atoms with E-state index in [0.29, 0.717) is 12.2 Å². The van der Waals surface area contributed by atoms with Crippen LogP contribution in [0.3, 0.4) is 0 Å². The number of nitrogens with two attached hydrogens (primary N) is 1. The Morgan fingerprint density at radius 3 is 2.65 bits per heavy atom. The van der Waals surface area contributed by atoms with Gasteiger partial charge in [0.2, 0.25) is 0 Å². The van der Waals surface area contributed by atoms with Crippen molar-refractivity contribution in [1.82, 2.24) is 0 Å². The van der Waals surface area contributed by atoms with Crippen molar-refractivity contribution < 1.29 is 9.13 Å². The molecule has 2 atom stereocenters. The molecular formula is C17H18FNO. The summed E-state index contributed by atoms with van der Waals surface area (Å²) in [6.45, 7) is 4.18. The first-order valence-electron chi connectivity index (χ1n) is 6.83. The molecule has 0 saturated heterocycles. The fraction of sp³-hybridized carbons (Fsp3) is 0.294. The Labute approximate surface area is 118 Å². The van der Waals surface area contributed by atoms with Crippen molar-refractivity contribution in [1.29, 1.82) is 0 Å². The van der Waals surface area contributed by atoms with Gasteiger partial charge in [-0.2, -0.15) is 0 Å². The number of rotatable bonds is 1. The zero-order valence-electron chi connectivity index (χ0n) is 11.7. The molecule has 0 aliphatic carbocycles. The first kappa shape index (κ1) is 13.1. The van der Waals surface area contributed by atoms with E-state index in [1.807, 2.05) is 0 Å². The highest BCUT2D eigenvalue weighted by molar-refractivity contribution is 5.40. The summed E-state index contributed by atoms with van der Waals surface area (Å²) in [7, 11) is 0. The van der Waals surface area contributed by atoms with E-state index < -0.39 is 0 Å². The molecule has 1 aliphatic rings. The summed E-state index contributed by atoms with van der Waals surface area (Å²) < 4.78 is 19.3. The van der Waals surface area contributed by atoms with Crippen LogP contribution in [0, 0.1) is 19.7 Å². The van der Waals surface area contributed by atoms with Gasteiger partial charge in [0.05, 0.1) is 0 Å². The zero-order chi connectivity index (χ0) is 14.3. The van der Waals surface area contributed by atoms with Gasteiger partial charge < -0.3 is 10.5 Å². The van der Waals surface area contributed by atoms with Gasteiger partial charge in [0.1, 0.15) is 17.7 Å². The van der Waals surface area contributed by atoms with E-state index in [1.165, 1.54) is 23.3 Å². The number of fused-ring (bicyclic) bond motifs is 1. The Morgan fingerprint density at radius 2 is 1.90 bits per heavy atom. The van der Waals surface area contributed by atoms with Gasteiger partial charge >= 0.3 is 0 Å². The highest BCUT2D eigenvalue weighted by atomic mass is 19.1. The van der Waals surface area contributed by atoms with Crippen LogP contribution in [-0.2, 0) is 0 Å². The first-order valence-corrected chi connectivity index (χ1v) is 6.83. The molecule has 1 heterocycles. The van der Waals surface area contributed by atoms with E-state index in [4.69, 9.17) is 10.5 Å². The van der Waals surface area contributed by atoms with Crippen LogP contribution >= 0.6 is 0 Å².